The van der Waals surface area contributed by atoms with E-state index in [1.165, 1.54) is 0 Å². The van der Waals surface area contributed by atoms with Gasteiger partial charge in [-0.15, -0.1) is 5.10 Å². The van der Waals surface area contributed by atoms with Gasteiger partial charge in [-0.3, -0.25) is 14.6 Å². The van der Waals surface area contributed by atoms with Crippen LogP contribution in [0.2, 0.25) is 0 Å². The Labute approximate surface area is 95.1 Å². The molecule has 1 heterocycles. The summed E-state index contributed by atoms with van der Waals surface area (Å²) in [7, 11) is 0. The van der Waals surface area contributed by atoms with Gasteiger partial charge in [-0.1, -0.05) is 0 Å². The highest BCUT2D eigenvalue weighted by molar-refractivity contribution is 5.70. The van der Waals surface area contributed by atoms with Crippen LogP contribution in [0.5, 0.6) is 0 Å². The highest BCUT2D eigenvalue weighted by atomic mass is 16.4. The standard InChI is InChI=1S/C9H12N4O4/c14-7-6(12-13-9(17)11-7)10-5-2-1-4(3-5)8(15)16/h4-5H,1-3H2,(H,10,12)(H,15,16)(H2,11,13,14,17)/t4-,5+/m1/s1. The van der Waals surface area contributed by atoms with E-state index in [1.54, 1.807) is 0 Å². The molecule has 92 valence electrons. The second-order valence-electron chi connectivity index (χ2n) is 4.04. The van der Waals surface area contributed by atoms with Gasteiger partial charge in [0.25, 0.3) is 5.56 Å². The van der Waals surface area contributed by atoms with E-state index in [-0.39, 0.29) is 17.8 Å². The normalized spacial score (nSPS) is 23.5. The van der Waals surface area contributed by atoms with Crippen LogP contribution in [0.3, 0.4) is 0 Å². The molecule has 8 nitrogen and oxygen atoms in total. The number of carboxylic acids is 1. The topological polar surface area (TPSA) is 128 Å². The van der Waals surface area contributed by atoms with Crippen LogP contribution in [0.1, 0.15) is 19.3 Å². The second kappa shape index (κ2) is 4.40. The minimum atomic E-state index is -0.822. The quantitative estimate of drug-likeness (QED) is 0.543. The van der Waals surface area contributed by atoms with Crippen molar-refractivity contribution in [3.05, 3.63) is 20.8 Å². The molecule has 1 saturated carbocycles. The van der Waals surface area contributed by atoms with E-state index >= 15 is 0 Å². The lowest BCUT2D eigenvalue weighted by molar-refractivity contribution is -0.141. The molecule has 1 fully saturated rings. The number of aromatic nitrogens is 3. The number of carbonyl (C=O) groups is 1. The summed E-state index contributed by atoms with van der Waals surface area (Å²) in [6.45, 7) is 0. The number of nitrogens with one attached hydrogen (secondary N) is 3. The molecule has 2 atom stereocenters. The number of rotatable bonds is 3. The van der Waals surface area contributed by atoms with Crippen LogP contribution in [0.25, 0.3) is 0 Å². The van der Waals surface area contributed by atoms with Crippen molar-refractivity contribution in [3.8, 4) is 0 Å². The summed E-state index contributed by atoms with van der Waals surface area (Å²) in [6.07, 6.45) is 1.70. The third-order valence-corrected chi connectivity index (χ3v) is 2.83. The van der Waals surface area contributed by atoms with E-state index in [2.05, 4.69) is 15.5 Å². The van der Waals surface area contributed by atoms with Gasteiger partial charge in [-0.05, 0) is 19.3 Å². The number of anilines is 1. The molecule has 1 aromatic heterocycles. The Kier molecular flexibility index (Phi) is 2.94. The zero-order valence-corrected chi connectivity index (χ0v) is 8.90. The molecule has 0 bridgehead atoms. The molecule has 1 aromatic rings. The Morgan fingerprint density at radius 3 is 2.76 bits per heavy atom. The Morgan fingerprint density at radius 2 is 2.18 bits per heavy atom. The van der Waals surface area contributed by atoms with Crippen molar-refractivity contribution in [3.63, 3.8) is 0 Å². The van der Waals surface area contributed by atoms with Crippen molar-refractivity contribution in [1.29, 1.82) is 0 Å². The monoisotopic (exact) mass is 240 g/mol. The number of aromatic amines is 2. The Morgan fingerprint density at radius 1 is 1.41 bits per heavy atom. The smallest absolute Gasteiger partial charge is 0.342 e. The lowest BCUT2D eigenvalue weighted by Crippen LogP contribution is -2.30. The molecule has 0 saturated heterocycles. The molecule has 0 aliphatic heterocycles. The SMILES string of the molecule is O=C(O)[C@@H]1CC[C@H](Nc2n[nH]c(=O)[nH]c2=O)C1. The number of nitrogens with zero attached hydrogens (tertiary/aromatic N) is 1. The maximum atomic E-state index is 11.3. The first-order valence-electron chi connectivity index (χ1n) is 5.24. The van der Waals surface area contributed by atoms with Crippen molar-refractivity contribution in [2.45, 2.75) is 25.3 Å². The van der Waals surface area contributed by atoms with E-state index in [4.69, 9.17) is 5.11 Å². The van der Waals surface area contributed by atoms with Gasteiger partial charge in [-0.2, -0.15) is 0 Å². The molecule has 2 rings (SSSR count). The van der Waals surface area contributed by atoms with Crippen LogP contribution in [0, 0.1) is 5.92 Å². The maximum Gasteiger partial charge on any atom is 0.342 e. The summed E-state index contributed by atoms with van der Waals surface area (Å²) < 4.78 is 0. The molecule has 0 amide bonds. The molecule has 0 radical (unpaired) electrons. The Hall–Kier alpha value is -2.12. The molecule has 4 N–H and O–H groups in total. The summed E-state index contributed by atoms with van der Waals surface area (Å²) in [5, 5.41) is 17.3. The summed E-state index contributed by atoms with van der Waals surface area (Å²) >= 11 is 0. The van der Waals surface area contributed by atoms with Crippen LogP contribution in [0.4, 0.5) is 5.82 Å². The molecule has 8 heteroatoms. The largest absolute Gasteiger partial charge is 0.481 e. The minimum Gasteiger partial charge on any atom is -0.481 e. The minimum absolute atomic E-state index is 0.0145. The van der Waals surface area contributed by atoms with Crippen molar-refractivity contribution in [2.24, 2.45) is 5.92 Å². The van der Waals surface area contributed by atoms with Crippen LogP contribution in [0.15, 0.2) is 9.59 Å². The first-order valence-corrected chi connectivity index (χ1v) is 5.24. The molecule has 1 aliphatic carbocycles. The van der Waals surface area contributed by atoms with Gasteiger partial charge in [0.2, 0.25) is 5.82 Å². The fraction of sp³-hybridized carbons (Fsp3) is 0.556. The first-order chi connectivity index (χ1) is 8.06. The van der Waals surface area contributed by atoms with E-state index in [0.717, 1.165) is 0 Å². The average molecular weight is 240 g/mol. The number of hydrogen-bond donors (Lipinski definition) is 4. The molecule has 0 aromatic carbocycles. The van der Waals surface area contributed by atoms with Gasteiger partial charge in [0.1, 0.15) is 0 Å². The summed E-state index contributed by atoms with van der Waals surface area (Å²) in [6, 6.07) is -0.101. The van der Waals surface area contributed by atoms with Crippen molar-refractivity contribution < 1.29 is 9.90 Å². The summed E-state index contributed by atoms with van der Waals surface area (Å²) in [4.78, 5) is 34.9. The summed E-state index contributed by atoms with van der Waals surface area (Å²) in [5.41, 5.74) is -1.28. The number of aliphatic carboxylic acids is 1. The summed E-state index contributed by atoms with van der Waals surface area (Å²) in [5.74, 6) is -1.19. The maximum absolute atomic E-state index is 11.3. The first kappa shape index (κ1) is 11.4. The third kappa shape index (κ3) is 2.52. The van der Waals surface area contributed by atoms with Crippen LogP contribution in [-0.2, 0) is 4.79 Å². The Balaban J connectivity index is 2.05. The fourth-order valence-corrected chi connectivity index (χ4v) is 1.98. The van der Waals surface area contributed by atoms with Crippen LogP contribution in [-0.4, -0.2) is 32.3 Å². The van der Waals surface area contributed by atoms with Crippen LogP contribution >= 0.6 is 0 Å². The van der Waals surface area contributed by atoms with E-state index < -0.39 is 17.2 Å². The van der Waals surface area contributed by atoms with E-state index in [1.807, 2.05) is 4.98 Å². The predicted molar refractivity (Wildman–Crippen MR) is 57.9 cm³/mol. The average Bonchev–Trinajstić information content (AvgIpc) is 2.71. The predicted octanol–water partition coefficient (Wildman–Crippen LogP) is -0.877. The zero-order valence-electron chi connectivity index (χ0n) is 8.90. The molecule has 1 aliphatic rings. The molecule has 17 heavy (non-hydrogen) atoms. The number of H-pyrrole nitrogens is 2. The Bertz CT molecular complexity index is 534. The van der Waals surface area contributed by atoms with Gasteiger partial charge >= 0.3 is 11.7 Å². The zero-order chi connectivity index (χ0) is 12.4. The van der Waals surface area contributed by atoms with Gasteiger partial charge in [0.05, 0.1) is 5.92 Å². The molecule has 0 unspecified atom stereocenters. The van der Waals surface area contributed by atoms with Crippen molar-refractivity contribution >= 4 is 11.8 Å². The molecular weight excluding hydrogens is 228 g/mol. The van der Waals surface area contributed by atoms with Gasteiger partial charge in [-0.25, -0.2) is 9.89 Å². The van der Waals surface area contributed by atoms with E-state index in [0.29, 0.717) is 19.3 Å². The lowest BCUT2D eigenvalue weighted by Gasteiger charge is -2.11. The van der Waals surface area contributed by atoms with E-state index in [9.17, 15) is 14.4 Å². The van der Waals surface area contributed by atoms with Gasteiger partial charge in [0.15, 0.2) is 0 Å². The third-order valence-electron chi connectivity index (χ3n) is 2.83. The second-order valence-corrected chi connectivity index (χ2v) is 4.04. The molecule has 0 spiro atoms. The molecular formula is C9H12N4O4. The number of hydrogen-bond acceptors (Lipinski definition) is 5. The van der Waals surface area contributed by atoms with Gasteiger partial charge in [0, 0.05) is 6.04 Å². The van der Waals surface area contributed by atoms with Crippen molar-refractivity contribution in [2.75, 3.05) is 5.32 Å². The lowest BCUT2D eigenvalue weighted by atomic mass is 10.1. The highest BCUT2D eigenvalue weighted by Gasteiger charge is 2.30. The van der Waals surface area contributed by atoms with Gasteiger partial charge < -0.3 is 10.4 Å². The van der Waals surface area contributed by atoms with Crippen molar-refractivity contribution in [1.82, 2.24) is 15.2 Å². The fourth-order valence-electron chi connectivity index (χ4n) is 1.98. The number of carboxylic acid groups (broad SMARTS) is 1. The highest BCUT2D eigenvalue weighted by Crippen LogP contribution is 2.27. The van der Waals surface area contributed by atoms with Crippen LogP contribution < -0.4 is 16.6 Å².